The Bertz CT molecular complexity index is 816. The van der Waals surface area contributed by atoms with E-state index in [4.69, 9.17) is 32.7 Å². The number of anilines is 1. The second-order valence-corrected chi connectivity index (χ2v) is 7.87. The van der Waals surface area contributed by atoms with E-state index in [1.54, 1.807) is 13.8 Å². The van der Waals surface area contributed by atoms with Crippen molar-refractivity contribution in [2.75, 3.05) is 11.4 Å². The number of rotatable bonds is 1. The van der Waals surface area contributed by atoms with E-state index < -0.39 is 29.9 Å². The Morgan fingerprint density at radius 3 is 2.85 bits per heavy atom. The molecular formula is C17H17Cl2FN2O4. The Morgan fingerprint density at radius 1 is 1.38 bits per heavy atom. The normalized spacial score (nSPS) is 29.3. The summed E-state index contributed by atoms with van der Waals surface area (Å²) in [5, 5.41) is 2.42. The van der Waals surface area contributed by atoms with Crippen molar-refractivity contribution in [3.8, 4) is 0 Å². The van der Waals surface area contributed by atoms with Crippen molar-refractivity contribution in [2.45, 2.75) is 50.7 Å². The van der Waals surface area contributed by atoms with E-state index in [1.807, 2.05) is 0 Å². The van der Waals surface area contributed by atoms with Gasteiger partial charge in [-0.2, -0.15) is 0 Å². The number of carbonyl (C=O) groups excluding carboxylic acids is 2. The van der Waals surface area contributed by atoms with E-state index in [9.17, 15) is 14.0 Å². The van der Waals surface area contributed by atoms with Crippen LogP contribution in [-0.2, 0) is 25.5 Å². The van der Waals surface area contributed by atoms with Gasteiger partial charge in [0.25, 0.3) is 11.8 Å². The molecule has 2 amide bonds. The minimum atomic E-state index is -0.943. The molecule has 3 heterocycles. The average molecular weight is 403 g/mol. The summed E-state index contributed by atoms with van der Waals surface area (Å²) in [6.07, 6.45) is -0.385. The summed E-state index contributed by atoms with van der Waals surface area (Å²) >= 11 is 12.0. The molecule has 0 unspecified atom stereocenters. The third kappa shape index (κ3) is 2.69. The Kier molecular flexibility index (Phi) is 4.19. The van der Waals surface area contributed by atoms with Crippen molar-refractivity contribution >= 4 is 40.7 Å². The molecule has 0 bridgehead atoms. The van der Waals surface area contributed by atoms with Crippen LogP contribution in [0.1, 0.15) is 25.8 Å². The van der Waals surface area contributed by atoms with Crippen molar-refractivity contribution in [3.05, 3.63) is 27.5 Å². The number of benzene rings is 1. The van der Waals surface area contributed by atoms with E-state index in [2.05, 4.69) is 5.32 Å². The fourth-order valence-electron chi connectivity index (χ4n) is 3.79. The summed E-state index contributed by atoms with van der Waals surface area (Å²) in [5.74, 6) is -2.37. The number of carbonyl (C=O) groups is 2. The van der Waals surface area contributed by atoms with Crippen LogP contribution in [0, 0.1) is 5.82 Å². The summed E-state index contributed by atoms with van der Waals surface area (Å²) in [5.41, 5.74) is 1.01. The Labute approximate surface area is 159 Å². The summed E-state index contributed by atoms with van der Waals surface area (Å²) in [7, 11) is 0. The van der Waals surface area contributed by atoms with Crippen LogP contribution in [-0.4, -0.2) is 42.4 Å². The molecule has 3 aliphatic rings. The second kappa shape index (κ2) is 6.05. The van der Waals surface area contributed by atoms with Gasteiger partial charge in [0.1, 0.15) is 12.1 Å². The summed E-state index contributed by atoms with van der Waals surface area (Å²) in [4.78, 5) is 26.8. The molecule has 1 aromatic rings. The molecule has 6 nitrogen and oxygen atoms in total. The maximum absolute atomic E-state index is 14.0. The maximum Gasteiger partial charge on any atom is 0.252 e. The lowest BCUT2D eigenvalue weighted by atomic mass is 9.99. The standard InChI is InChI=1S/C17H17Cl2FN2O4/c1-17(2)25-13-12(21-15(23)14(13)26-17)16(24)22-5-3-4-7-9(22)6-8(18)11(20)10(7)19/h6,12-14H,3-5H2,1-2H3,(H,21,23)/t12-,13-,14-/m0/s1. The molecule has 0 aromatic heterocycles. The molecule has 3 atom stereocenters. The highest BCUT2D eigenvalue weighted by Gasteiger charge is 2.57. The monoisotopic (exact) mass is 402 g/mol. The molecule has 0 radical (unpaired) electrons. The SMILES string of the molecule is CC1(C)O[C@H]2[C@@H](C(=O)N3CCCc4c3cc(Cl)c(F)c4Cl)NC(=O)[C@H]2O1. The highest BCUT2D eigenvalue weighted by molar-refractivity contribution is 6.36. The third-order valence-electron chi connectivity index (χ3n) is 4.89. The zero-order valence-corrected chi connectivity index (χ0v) is 15.7. The number of nitrogens with zero attached hydrogens (tertiary/aromatic N) is 1. The van der Waals surface area contributed by atoms with Crippen LogP contribution in [0.15, 0.2) is 6.07 Å². The van der Waals surface area contributed by atoms with Crippen molar-refractivity contribution in [1.82, 2.24) is 5.32 Å². The van der Waals surface area contributed by atoms with E-state index in [0.29, 0.717) is 30.6 Å². The molecule has 0 saturated carbocycles. The van der Waals surface area contributed by atoms with Gasteiger partial charge in [0, 0.05) is 6.54 Å². The first kappa shape index (κ1) is 18.0. The lowest BCUT2D eigenvalue weighted by molar-refractivity contribution is -0.164. The van der Waals surface area contributed by atoms with Crippen molar-refractivity contribution < 1.29 is 23.5 Å². The molecule has 2 fully saturated rings. The number of halogens is 3. The van der Waals surface area contributed by atoms with Crippen molar-refractivity contribution in [2.24, 2.45) is 0 Å². The zero-order chi connectivity index (χ0) is 18.8. The lowest BCUT2D eigenvalue weighted by Crippen LogP contribution is -2.51. The van der Waals surface area contributed by atoms with E-state index in [1.165, 1.54) is 11.0 Å². The fraction of sp³-hybridized carbons (Fsp3) is 0.529. The number of amides is 2. The van der Waals surface area contributed by atoms with Gasteiger partial charge in [-0.15, -0.1) is 0 Å². The van der Waals surface area contributed by atoms with E-state index in [0.717, 1.165) is 0 Å². The van der Waals surface area contributed by atoms with Gasteiger partial charge in [0.05, 0.1) is 15.7 Å². The van der Waals surface area contributed by atoms with Gasteiger partial charge in [-0.05, 0) is 38.3 Å². The number of hydrogen-bond acceptors (Lipinski definition) is 4. The van der Waals surface area contributed by atoms with Gasteiger partial charge in [-0.1, -0.05) is 23.2 Å². The Morgan fingerprint density at radius 2 is 2.12 bits per heavy atom. The summed E-state index contributed by atoms with van der Waals surface area (Å²) in [6, 6.07) is 0.516. The van der Waals surface area contributed by atoms with Crippen LogP contribution in [0.4, 0.5) is 10.1 Å². The summed E-state index contributed by atoms with van der Waals surface area (Å²) in [6.45, 7) is 3.80. The number of nitrogens with one attached hydrogen (secondary N) is 1. The van der Waals surface area contributed by atoms with Crippen LogP contribution in [0.3, 0.4) is 0 Å². The molecule has 0 spiro atoms. The predicted molar refractivity (Wildman–Crippen MR) is 92.8 cm³/mol. The quantitative estimate of drug-likeness (QED) is 0.732. The first-order chi connectivity index (χ1) is 12.2. The minimum Gasteiger partial charge on any atom is -0.341 e. The maximum atomic E-state index is 14.0. The van der Waals surface area contributed by atoms with Crippen LogP contribution in [0.2, 0.25) is 10.0 Å². The van der Waals surface area contributed by atoms with Gasteiger partial charge in [0.2, 0.25) is 0 Å². The first-order valence-electron chi connectivity index (χ1n) is 8.33. The van der Waals surface area contributed by atoms with Crippen LogP contribution in [0.25, 0.3) is 0 Å². The third-order valence-corrected chi connectivity index (χ3v) is 5.55. The fourth-order valence-corrected chi connectivity index (χ4v) is 4.32. The minimum absolute atomic E-state index is 0.0695. The van der Waals surface area contributed by atoms with E-state index >= 15 is 0 Å². The van der Waals surface area contributed by atoms with Crippen molar-refractivity contribution in [3.63, 3.8) is 0 Å². The molecule has 3 aliphatic heterocycles. The highest BCUT2D eigenvalue weighted by Crippen LogP contribution is 2.40. The van der Waals surface area contributed by atoms with E-state index in [-0.39, 0.29) is 21.9 Å². The van der Waals surface area contributed by atoms with Gasteiger partial charge < -0.3 is 19.7 Å². The highest BCUT2D eigenvalue weighted by atomic mass is 35.5. The number of fused-ring (bicyclic) bond motifs is 2. The lowest BCUT2D eigenvalue weighted by Gasteiger charge is -2.33. The summed E-state index contributed by atoms with van der Waals surface area (Å²) < 4.78 is 25.3. The first-order valence-corrected chi connectivity index (χ1v) is 9.09. The molecule has 2 saturated heterocycles. The number of hydrogen-bond donors (Lipinski definition) is 1. The smallest absolute Gasteiger partial charge is 0.252 e. The largest absolute Gasteiger partial charge is 0.341 e. The molecule has 9 heteroatoms. The number of ether oxygens (including phenoxy) is 2. The zero-order valence-electron chi connectivity index (χ0n) is 14.1. The molecule has 140 valence electrons. The average Bonchev–Trinajstić information content (AvgIpc) is 3.06. The Hall–Kier alpha value is -1.41. The predicted octanol–water partition coefficient (Wildman–Crippen LogP) is 2.43. The van der Waals surface area contributed by atoms with Crippen LogP contribution >= 0.6 is 23.2 Å². The van der Waals surface area contributed by atoms with Gasteiger partial charge >= 0.3 is 0 Å². The van der Waals surface area contributed by atoms with Gasteiger partial charge in [-0.3, -0.25) is 9.59 Å². The molecular weight excluding hydrogens is 386 g/mol. The molecule has 0 aliphatic carbocycles. The van der Waals surface area contributed by atoms with Crippen LogP contribution in [0.5, 0.6) is 0 Å². The van der Waals surface area contributed by atoms with Crippen LogP contribution < -0.4 is 10.2 Å². The van der Waals surface area contributed by atoms with Gasteiger partial charge in [0.15, 0.2) is 17.7 Å². The molecule has 26 heavy (non-hydrogen) atoms. The molecule has 4 rings (SSSR count). The van der Waals surface area contributed by atoms with Gasteiger partial charge in [-0.25, -0.2) is 4.39 Å². The second-order valence-electron chi connectivity index (χ2n) is 7.08. The van der Waals surface area contributed by atoms with Crippen molar-refractivity contribution in [1.29, 1.82) is 0 Å². The molecule has 1 aromatic carbocycles. The topological polar surface area (TPSA) is 67.9 Å². The Balaban J connectivity index is 1.68. The molecule has 1 N–H and O–H groups in total.